The fraction of sp³-hybridized carbons (Fsp3) is 0. The molecule has 7 aromatic rings. The quantitative estimate of drug-likeness (QED) is 0.265. The topological polar surface area (TPSA) is 61.0 Å². The summed E-state index contributed by atoms with van der Waals surface area (Å²) in [4.78, 5) is 14.5. The van der Waals surface area contributed by atoms with Crippen LogP contribution in [0.5, 0.6) is 11.5 Å². The molecule has 5 heteroatoms. The molecule has 0 saturated heterocycles. The molecule has 0 unspecified atom stereocenters. The Bertz CT molecular complexity index is 1900. The van der Waals surface area contributed by atoms with E-state index in [-0.39, 0.29) is 0 Å². The van der Waals surface area contributed by atoms with Gasteiger partial charge in [0.05, 0.1) is 5.39 Å². The molecule has 5 nitrogen and oxygen atoms in total. The zero-order valence-corrected chi connectivity index (χ0v) is 19.0. The molecule has 2 aromatic heterocycles. The van der Waals surface area contributed by atoms with Crippen molar-refractivity contribution in [3.8, 4) is 45.7 Å². The van der Waals surface area contributed by atoms with E-state index in [9.17, 15) is 0 Å². The summed E-state index contributed by atoms with van der Waals surface area (Å²) in [5.41, 5.74) is 4.26. The Morgan fingerprint density at radius 2 is 1.11 bits per heavy atom. The lowest BCUT2D eigenvalue weighted by atomic mass is 9.99. The summed E-state index contributed by atoms with van der Waals surface area (Å²) in [7, 11) is 0. The number of furan rings is 1. The Balaban J connectivity index is 1.39. The molecule has 0 atom stereocenters. The fourth-order valence-corrected chi connectivity index (χ4v) is 5.05. The van der Waals surface area contributed by atoms with Crippen molar-refractivity contribution in [3.05, 3.63) is 103 Å². The van der Waals surface area contributed by atoms with Gasteiger partial charge in [-0.2, -0.15) is 0 Å². The van der Waals surface area contributed by atoms with E-state index in [1.165, 1.54) is 0 Å². The zero-order chi connectivity index (χ0) is 23.6. The van der Waals surface area contributed by atoms with E-state index < -0.39 is 0 Å². The van der Waals surface area contributed by atoms with Crippen molar-refractivity contribution in [2.75, 3.05) is 0 Å². The number of rotatable bonds is 3. The van der Waals surface area contributed by atoms with Crippen LogP contribution in [0.4, 0.5) is 0 Å². The maximum absolute atomic E-state index is 6.40. The molecule has 3 heterocycles. The highest BCUT2D eigenvalue weighted by atomic mass is 16.5. The minimum absolute atomic E-state index is 0.564. The first-order valence-electron chi connectivity index (χ1n) is 11.8. The molecule has 0 fully saturated rings. The first-order chi connectivity index (χ1) is 17.8. The van der Waals surface area contributed by atoms with Gasteiger partial charge in [0.15, 0.2) is 17.5 Å². The smallest absolute Gasteiger partial charge is 0.164 e. The normalized spacial score (nSPS) is 12.1. The average molecular weight is 463 g/mol. The predicted octanol–water partition coefficient (Wildman–Crippen LogP) is 8.03. The minimum atomic E-state index is 0.564. The van der Waals surface area contributed by atoms with Crippen LogP contribution in [-0.4, -0.2) is 15.0 Å². The highest BCUT2D eigenvalue weighted by Crippen LogP contribution is 2.49. The Kier molecular flexibility index (Phi) is 3.88. The second-order valence-corrected chi connectivity index (χ2v) is 8.88. The molecule has 5 aromatic carbocycles. The molecular formula is C31H17N3O2. The number of hydrogen-bond acceptors (Lipinski definition) is 5. The molecule has 8 rings (SSSR count). The van der Waals surface area contributed by atoms with Crippen LogP contribution in [0.3, 0.4) is 0 Å². The van der Waals surface area contributed by atoms with Crippen molar-refractivity contribution < 1.29 is 9.15 Å². The molecule has 0 amide bonds. The maximum atomic E-state index is 6.40. The molecule has 0 aliphatic carbocycles. The first-order valence-corrected chi connectivity index (χ1v) is 11.8. The molecule has 36 heavy (non-hydrogen) atoms. The van der Waals surface area contributed by atoms with Crippen LogP contribution in [0.1, 0.15) is 0 Å². The fourth-order valence-electron chi connectivity index (χ4n) is 5.05. The van der Waals surface area contributed by atoms with E-state index in [0.29, 0.717) is 17.5 Å². The summed E-state index contributed by atoms with van der Waals surface area (Å²) in [5, 5.41) is 4.30. The van der Waals surface area contributed by atoms with Gasteiger partial charge in [-0.05, 0) is 29.7 Å². The van der Waals surface area contributed by atoms with Gasteiger partial charge < -0.3 is 9.15 Å². The third kappa shape index (κ3) is 2.80. The lowest BCUT2D eigenvalue weighted by Gasteiger charge is -2.16. The van der Waals surface area contributed by atoms with Crippen LogP contribution in [0.15, 0.2) is 108 Å². The number of hydrogen-bond donors (Lipinski definition) is 0. The van der Waals surface area contributed by atoms with E-state index in [1.54, 1.807) is 0 Å². The van der Waals surface area contributed by atoms with Gasteiger partial charge >= 0.3 is 0 Å². The second kappa shape index (κ2) is 7.23. The van der Waals surface area contributed by atoms with E-state index in [0.717, 1.165) is 60.9 Å². The SMILES string of the molecule is c1ccc(-c2nc(-c3ccccc3)nc(-c3cc4c5c(c3)oc3ccc6cccc(c6c35)O4)n2)cc1. The molecule has 1 aliphatic rings. The number of nitrogens with zero attached hydrogens (tertiary/aromatic N) is 3. The molecular weight excluding hydrogens is 446 g/mol. The van der Waals surface area contributed by atoms with Gasteiger partial charge in [-0.15, -0.1) is 0 Å². The second-order valence-electron chi connectivity index (χ2n) is 8.88. The summed E-state index contributed by atoms with van der Waals surface area (Å²) in [6.07, 6.45) is 0. The van der Waals surface area contributed by atoms with Crippen LogP contribution < -0.4 is 4.74 Å². The largest absolute Gasteiger partial charge is 0.456 e. The molecule has 1 aliphatic heterocycles. The number of benzene rings is 5. The summed E-state index contributed by atoms with van der Waals surface area (Å²) in [6, 6.07) is 34.1. The van der Waals surface area contributed by atoms with Crippen molar-refractivity contribution >= 4 is 32.7 Å². The number of ether oxygens (including phenoxy) is 1. The van der Waals surface area contributed by atoms with Crippen molar-refractivity contribution in [1.29, 1.82) is 0 Å². The lowest BCUT2D eigenvalue weighted by molar-refractivity contribution is 0.493. The molecule has 168 valence electrons. The number of aromatic nitrogens is 3. The Hall–Kier alpha value is -5.03. The summed E-state index contributed by atoms with van der Waals surface area (Å²) in [5.74, 6) is 3.37. The van der Waals surface area contributed by atoms with Gasteiger partial charge in [0.1, 0.15) is 22.7 Å². The van der Waals surface area contributed by atoms with E-state index >= 15 is 0 Å². The molecule has 0 radical (unpaired) electrons. The van der Waals surface area contributed by atoms with Crippen molar-refractivity contribution in [1.82, 2.24) is 15.0 Å². The van der Waals surface area contributed by atoms with Gasteiger partial charge in [0, 0.05) is 27.5 Å². The monoisotopic (exact) mass is 463 g/mol. The predicted molar refractivity (Wildman–Crippen MR) is 141 cm³/mol. The van der Waals surface area contributed by atoms with Gasteiger partial charge in [-0.25, -0.2) is 15.0 Å². The van der Waals surface area contributed by atoms with Crippen LogP contribution in [0.25, 0.3) is 66.9 Å². The Morgan fingerprint density at radius 1 is 0.444 bits per heavy atom. The summed E-state index contributed by atoms with van der Waals surface area (Å²) in [6.45, 7) is 0. The third-order valence-electron chi connectivity index (χ3n) is 6.68. The highest BCUT2D eigenvalue weighted by Gasteiger charge is 2.24. The van der Waals surface area contributed by atoms with Crippen molar-refractivity contribution in [3.63, 3.8) is 0 Å². The minimum Gasteiger partial charge on any atom is -0.456 e. The Morgan fingerprint density at radius 3 is 1.81 bits per heavy atom. The third-order valence-corrected chi connectivity index (χ3v) is 6.68. The molecule has 0 saturated carbocycles. The zero-order valence-electron chi connectivity index (χ0n) is 19.0. The molecule has 0 spiro atoms. The van der Waals surface area contributed by atoms with Gasteiger partial charge in [-0.1, -0.05) is 78.9 Å². The summed E-state index contributed by atoms with van der Waals surface area (Å²) >= 11 is 0. The average Bonchev–Trinajstić information content (AvgIpc) is 3.33. The lowest BCUT2D eigenvalue weighted by Crippen LogP contribution is -2.00. The first kappa shape index (κ1) is 19.3. The van der Waals surface area contributed by atoms with Crippen LogP contribution in [0.2, 0.25) is 0 Å². The van der Waals surface area contributed by atoms with Crippen molar-refractivity contribution in [2.24, 2.45) is 0 Å². The highest BCUT2D eigenvalue weighted by molar-refractivity contribution is 6.24. The molecule has 0 N–H and O–H groups in total. The van der Waals surface area contributed by atoms with Crippen LogP contribution in [-0.2, 0) is 0 Å². The van der Waals surface area contributed by atoms with Gasteiger partial charge in [0.2, 0.25) is 0 Å². The standard InChI is InChI=1S/C31H17N3O2/c1-3-8-19(9-4-1)29-32-30(20-10-5-2-6-11-20)34-31(33-29)21-16-24-27-25(17-21)36-23-15-14-18-12-7-13-22(35-24)26(18)28(23)27/h1-17H. The van der Waals surface area contributed by atoms with E-state index in [2.05, 4.69) is 12.1 Å². The van der Waals surface area contributed by atoms with Crippen LogP contribution in [0, 0.1) is 0 Å². The van der Waals surface area contributed by atoms with E-state index in [4.69, 9.17) is 24.1 Å². The van der Waals surface area contributed by atoms with E-state index in [1.807, 2.05) is 91.0 Å². The van der Waals surface area contributed by atoms with Crippen molar-refractivity contribution in [2.45, 2.75) is 0 Å². The summed E-state index contributed by atoms with van der Waals surface area (Å²) < 4.78 is 12.7. The van der Waals surface area contributed by atoms with Gasteiger partial charge in [0.25, 0.3) is 0 Å². The van der Waals surface area contributed by atoms with Crippen LogP contribution >= 0.6 is 0 Å². The maximum Gasteiger partial charge on any atom is 0.164 e. The van der Waals surface area contributed by atoms with Gasteiger partial charge in [-0.3, -0.25) is 0 Å². The Labute approximate surface area is 205 Å². The molecule has 0 bridgehead atoms.